The van der Waals surface area contributed by atoms with E-state index in [0.717, 1.165) is 30.4 Å². The molecule has 2 heterocycles. The zero-order valence-corrected chi connectivity index (χ0v) is 17.5. The minimum Gasteiger partial charge on any atom is -0.507 e. The van der Waals surface area contributed by atoms with Crippen LogP contribution in [0.15, 0.2) is 36.8 Å². The maximum Gasteiger partial charge on any atom is 0.185 e. The molecule has 1 aliphatic rings. The number of benzene rings is 1. The van der Waals surface area contributed by atoms with Crippen molar-refractivity contribution in [3.63, 3.8) is 0 Å². The van der Waals surface area contributed by atoms with Gasteiger partial charge in [-0.1, -0.05) is 19.4 Å². The van der Waals surface area contributed by atoms with Crippen molar-refractivity contribution in [2.24, 2.45) is 13.0 Å². The SMILES string of the molecule is CC[C@@H]1C[C@@H](N(C)c2cnc(-c3ccc(-c4cnn(C)c4)cc3O)nn2)CC[C@H]1F. The van der Waals surface area contributed by atoms with Gasteiger partial charge in [0.25, 0.3) is 0 Å². The van der Waals surface area contributed by atoms with Gasteiger partial charge in [0.15, 0.2) is 11.6 Å². The molecule has 0 saturated heterocycles. The van der Waals surface area contributed by atoms with Crippen LogP contribution in [0.1, 0.15) is 32.6 Å². The lowest BCUT2D eigenvalue weighted by atomic mass is 9.82. The third kappa shape index (κ3) is 3.99. The third-order valence-electron chi connectivity index (χ3n) is 6.12. The monoisotopic (exact) mass is 410 g/mol. The zero-order chi connectivity index (χ0) is 21.3. The number of aryl methyl sites for hydroxylation is 1. The lowest BCUT2D eigenvalue weighted by Crippen LogP contribution is -2.40. The van der Waals surface area contributed by atoms with Crippen molar-refractivity contribution in [2.75, 3.05) is 11.9 Å². The molecule has 1 N–H and O–H groups in total. The van der Waals surface area contributed by atoms with Crippen molar-refractivity contribution in [3.8, 4) is 28.3 Å². The van der Waals surface area contributed by atoms with Gasteiger partial charge >= 0.3 is 0 Å². The number of nitrogens with zero attached hydrogens (tertiary/aromatic N) is 6. The third-order valence-corrected chi connectivity index (χ3v) is 6.12. The zero-order valence-electron chi connectivity index (χ0n) is 17.5. The molecule has 3 atom stereocenters. The first-order valence-electron chi connectivity index (χ1n) is 10.3. The van der Waals surface area contributed by atoms with Crippen molar-refractivity contribution in [1.29, 1.82) is 0 Å². The van der Waals surface area contributed by atoms with Crippen molar-refractivity contribution < 1.29 is 9.50 Å². The highest BCUT2D eigenvalue weighted by Gasteiger charge is 2.31. The van der Waals surface area contributed by atoms with E-state index < -0.39 is 6.17 Å². The van der Waals surface area contributed by atoms with Gasteiger partial charge in [-0.05, 0) is 42.9 Å². The van der Waals surface area contributed by atoms with Crippen molar-refractivity contribution in [3.05, 3.63) is 36.8 Å². The first-order valence-corrected chi connectivity index (χ1v) is 10.3. The Bertz CT molecular complexity index is 1010. The summed E-state index contributed by atoms with van der Waals surface area (Å²) in [5, 5.41) is 23.2. The Balaban J connectivity index is 1.51. The van der Waals surface area contributed by atoms with Gasteiger partial charge < -0.3 is 10.0 Å². The van der Waals surface area contributed by atoms with E-state index in [2.05, 4.69) is 20.3 Å². The molecular formula is C22H27FN6O. The second-order valence-electron chi connectivity index (χ2n) is 8.04. The van der Waals surface area contributed by atoms with Gasteiger partial charge in [-0.2, -0.15) is 5.10 Å². The number of phenols is 1. The van der Waals surface area contributed by atoms with Crippen LogP contribution in [0.2, 0.25) is 0 Å². The highest BCUT2D eigenvalue weighted by molar-refractivity contribution is 5.72. The molecule has 158 valence electrons. The second-order valence-corrected chi connectivity index (χ2v) is 8.04. The predicted octanol–water partition coefficient (Wildman–Crippen LogP) is 4.00. The van der Waals surface area contributed by atoms with Crippen LogP contribution in [-0.2, 0) is 7.05 Å². The Labute approximate surface area is 175 Å². The van der Waals surface area contributed by atoms with E-state index in [1.54, 1.807) is 29.2 Å². The van der Waals surface area contributed by atoms with Crippen LogP contribution in [0, 0.1) is 5.92 Å². The first-order chi connectivity index (χ1) is 14.5. The topological polar surface area (TPSA) is 80.0 Å². The van der Waals surface area contributed by atoms with E-state index in [9.17, 15) is 9.50 Å². The van der Waals surface area contributed by atoms with Crippen molar-refractivity contribution in [1.82, 2.24) is 25.0 Å². The summed E-state index contributed by atoms with van der Waals surface area (Å²) in [6.07, 6.45) is 7.64. The average molecular weight is 410 g/mol. The minimum atomic E-state index is -0.705. The molecule has 0 unspecified atom stereocenters. The fourth-order valence-corrected chi connectivity index (χ4v) is 4.19. The number of aromatic nitrogens is 5. The maximum absolute atomic E-state index is 14.0. The van der Waals surface area contributed by atoms with E-state index in [-0.39, 0.29) is 17.7 Å². The molecule has 4 rings (SSSR count). The van der Waals surface area contributed by atoms with E-state index >= 15 is 0 Å². The second kappa shape index (κ2) is 8.38. The smallest absolute Gasteiger partial charge is 0.185 e. The van der Waals surface area contributed by atoms with E-state index in [1.165, 1.54) is 0 Å². The quantitative estimate of drug-likeness (QED) is 0.685. The summed E-state index contributed by atoms with van der Waals surface area (Å²) in [4.78, 5) is 6.47. The molecule has 1 aliphatic carbocycles. The van der Waals surface area contributed by atoms with Crippen LogP contribution in [0.5, 0.6) is 5.75 Å². The van der Waals surface area contributed by atoms with Crippen molar-refractivity contribution >= 4 is 5.82 Å². The van der Waals surface area contributed by atoms with Crippen molar-refractivity contribution in [2.45, 2.75) is 44.8 Å². The number of alkyl halides is 1. The molecule has 3 aromatic rings. The summed E-state index contributed by atoms with van der Waals surface area (Å²) < 4.78 is 15.7. The molecule has 0 aliphatic heterocycles. The molecule has 1 fully saturated rings. The number of aromatic hydroxyl groups is 1. The highest BCUT2D eigenvalue weighted by atomic mass is 19.1. The summed E-state index contributed by atoms with van der Waals surface area (Å²) >= 11 is 0. The molecule has 8 heteroatoms. The fraction of sp³-hybridized carbons (Fsp3) is 0.455. The molecule has 0 spiro atoms. The van der Waals surface area contributed by atoms with Crippen LogP contribution in [0.25, 0.3) is 22.5 Å². The summed E-state index contributed by atoms with van der Waals surface area (Å²) in [7, 11) is 3.81. The first kappa shape index (κ1) is 20.3. The molecule has 1 aromatic carbocycles. The number of rotatable bonds is 5. The standard InChI is InChI=1S/C22H27FN6O/c1-4-14-9-17(6-8-19(14)23)29(3)21-12-24-22(27-26-21)18-7-5-15(10-20(18)30)16-11-25-28(2)13-16/h5,7,10-14,17,19,30H,4,6,8-9H2,1-3H3/t14-,17+,19-/m1/s1. The molecule has 2 aromatic heterocycles. The van der Waals surface area contributed by atoms with Crippen LogP contribution >= 0.6 is 0 Å². The van der Waals surface area contributed by atoms with Gasteiger partial charge in [0.2, 0.25) is 0 Å². The molecule has 7 nitrogen and oxygen atoms in total. The number of anilines is 1. The van der Waals surface area contributed by atoms with Gasteiger partial charge in [-0.15, -0.1) is 10.2 Å². The number of hydrogen-bond donors (Lipinski definition) is 1. The maximum atomic E-state index is 14.0. The van der Waals surface area contributed by atoms with Gasteiger partial charge in [-0.25, -0.2) is 9.37 Å². The van der Waals surface area contributed by atoms with Crippen LogP contribution in [0.4, 0.5) is 10.2 Å². The molecule has 1 saturated carbocycles. The van der Waals surface area contributed by atoms with Gasteiger partial charge in [0, 0.05) is 31.9 Å². The van der Waals surface area contributed by atoms with Gasteiger partial charge in [0.05, 0.1) is 18.0 Å². The number of phenolic OH excluding ortho intramolecular Hbond substituents is 1. The average Bonchev–Trinajstić information content (AvgIpc) is 3.20. The lowest BCUT2D eigenvalue weighted by molar-refractivity contribution is 0.147. The van der Waals surface area contributed by atoms with E-state index in [4.69, 9.17) is 0 Å². The normalized spacial score (nSPS) is 21.5. The molecular weight excluding hydrogens is 383 g/mol. The Morgan fingerprint density at radius 3 is 2.67 bits per heavy atom. The fourth-order valence-electron chi connectivity index (χ4n) is 4.19. The number of halogens is 1. The molecule has 0 bridgehead atoms. The van der Waals surface area contributed by atoms with Crippen LogP contribution < -0.4 is 4.90 Å². The lowest BCUT2D eigenvalue weighted by Gasteiger charge is -2.37. The Morgan fingerprint density at radius 1 is 1.20 bits per heavy atom. The van der Waals surface area contributed by atoms with E-state index in [1.807, 2.05) is 38.2 Å². The highest BCUT2D eigenvalue weighted by Crippen LogP contribution is 2.34. The number of hydrogen-bond acceptors (Lipinski definition) is 6. The molecule has 30 heavy (non-hydrogen) atoms. The Kier molecular flexibility index (Phi) is 5.65. The summed E-state index contributed by atoms with van der Waals surface area (Å²) in [6, 6.07) is 5.59. The Hall–Kier alpha value is -3.03. The predicted molar refractivity (Wildman–Crippen MR) is 114 cm³/mol. The summed E-state index contributed by atoms with van der Waals surface area (Å²) in [6.45, 7) is 2.04. The van der Waals surface area contributed by atoms with Crippen LogP contribution in [0.3, 0.4) is 0 Å². The summed E-state index contributed by atoms with van der Waals surface area (Å²) in [5.74, 6) is 1.21. The van der Waals surface area contributed by atoms with Gasteiger partial charge in [0.1, 0.15) is 11.9 Å². The van der Waals surface area contributed by atoms with Gasteiger partial charge in [-0.3, -0.25) is 4.68 Å². The molecule has 0 amide bonds. The van der Waals surface area contributed by atoms with E-state index in [0.29, 0.717) is 23.6 Å². The molecule has 0 radical (unpaired) electrons. The van der Waals surface area contributed by atoms with Crippen LogP contribution in [-0.4, -0.2) is 49.3 Å². The summed E-state index contributed by atoms with van der Waals surface area (Å²) in [5.41, 5.74) is 2.31. The largest absolute Gasteiger partial charge is 0.507 e. The Morgan fingerprint density at radius 2 is 2.03 bits per heavy atom. The minimum absolute atomic E-state index is 0.0892.